The van der Waals surface area contributed by atoms with E-state index in [2.05, 4.69) is 9.88 Å². The monoisotopic (exact) mass is 237 g/mol. The fraction of sp³-hybridized carbons (Fsp3) is 0.455. The zero-order chi connectivity index (χ0) is 11.8. The lowest BCUT2D eigenvalue weighted by Gasteiger charge is -2.22. The van der Waals surface area contributed by atoms with Crippen LogP contribution in [0.3, 0.4) is 0 Å². The molecule has 0 amide bonds. The first kappa shape index (κ1) is 11.3. The van der Waals surface area contributed by atoms with Gasteiger partial charge in [-0.05, 0) is 25.5 Å². The predicted molar refractivity (Wildman–Crippen MR) is 67.6 cm³/mol. The van der Waals surface area contributed by atoms with Crippen LogP contribution in [-0.2, 0) is 0 Å². The van der Waals surface area contributed by atoms with E-state index in [1.807, 2.05) is 19.1 Å². The van der Waals surface area contributed by atoms with Crippen molar-refractivity contribution in [2.45, 2.75) is 18.9 Å². The third-order valence-electron chi connectivity index (χ3n) is 2.81. The average Bonchev–Trinajstić information content (AvgIpc) is 2.59. The third-order valence-corrected chi connectivity index (χ3v) is 3.01. The molecule has 0 radical (unpaired) electrons. The molecule has 3 N–H and O–H groups in total. The molecule has 1 aliphatic rings. The topological polar surface area (TPSA) is 62.4 Å². The lowest BCUT2D eigenvalue weighted by Crippen LogP contribution is -2.31. The molecular weight excluding hydrogens is 222 g/mol. The summed E-state index contributed by atoms with van der Waals surface area (Å²) in [5.41, 5.74) is 6.54. The van der Waals surface area contributed by atoms with Gasteiger partial charge in [0.05, 0.1) is 11.3 Å². The molecule has 16 heavy (non-hydrogen) atoms. The van der Waals surface area contributed by atoms with Crippen molar-refractivity contribution in [2.24, 2.45) is 5.73 Å². The molecule has 5 heteroatoms. The predicted octanol–water partition coefficient (Wildman–Crippen LogP) is 0.677. The number of aromatic nitrogens is 1. The van der Waals surface area contributed by atoms with E-state index >= 15 is 0 Å². The minimum Gasteiger partial charge on any atom is -0.388 e. The molecule has 0 spiro atoms. The molecule has 2 rings (SSSR count). The van der Waals surface area contributed by atoms with Crippen molar-refractivity contribution < 1.29 is 5.11 Å². The van der Waals surface area contributed by atoms with E-state index in [-0.39, 0.29) is 0 Å². The Bertz CT molecular complexity index is 419. The molecule has 0 aliphatic carbocycles. The zero-order valence-electron chi connectivity index (χ0n) is 9.18. The van der Waals surface area contributed by atoms with Gasteiger partial charge in [0.25, 0.3) is 0 Å². The number of β-amino-alcohol motifs (C(OH)–C–C–N with tert-alkyl or cyclic N) is 1. The average molecular weight is 237 g/mol. The summed E-state index contributed by atoms with van der Waals surface area (Å²) in [7, 11) is 0. The van der Waals surface area contributed by atoms with Crippen LogP contribution in [-0.4, -0.2) is 33.8 Å². The smallest absolute Gasteiger partial charge is 0.124 e. The number of hydrogen-bond acceptors (Lipinski definition) is 4. The highest BCUT2D eigenvalue weighted by Crippen LogP contribution is 2.27. The SMILES string of the molecule is CC1(O)CCN(c2cccnc2C(N)=S)C1. The van der Waals surface area contributed by atoms with Gasteiger partial charge in [0.1, 0.15) is 10.7 Å². The maximum atomic E-state index is 9.93. The molecule has 1 aliphatic heterocycles. The quantitative estimate of drug-likeness (QED) is 0.741. The summed E-state index contributed by atoms with van der Waals surface area (Å²) < 4.78 is 0. The van der Waals surface area contributed by atoms with Crippen molar-refractivity contribution >= 4 is 22.9 Å². The molecule has 1 atom stereocenters. The maximum absolute atomic E-state index is 9.93. The lowest BCUT2D eigenvalue weighted by molar-refractivity contribution is 0.0839. The van der Waals surface area contributed by atoms with Crippen molar-refractivity contribution in [3.8, 4) is 0 Å². The molecule has 4 nitrogen and oxygen atoms in total. The summed E-state index contributed by atoms with van der Waals surface area (Å²) in [5, 5.41) is 9.93. The molecule has 1 aromatic rings. The van der Waals surface area contributed by atoms with E-state index < -0.39 is 5.60 Å². The molecule has 1 aromatic heterocycles. The fourth-order valence-electron chi connectivity index (χ4n) is 1.99. The number of thiocarbonyl (C=S) groups is 1. The van der Waals surface area contributed by atoms with Gasteiger partial charge in [0.2, 0.25) is 0 Å². The Kier molecular flexibility index (Phi) is 2.82. The molecule has 2 heterocycles. The van der Waals surface area contributed by atoms with Gasteiger partial charge in [0, 0.05) is 19.3 Å². The van der Waals surface area contributed by atoms with Gasteiger partial charge in [-0.2, -0.15) is 0 Å². The standard InChI is InChI=1S/C11H15N3OS/c1-11(15)4-6-14(7-11)8-3-2-5-13-9(8)10(12)16/h2-3,5,15H,4,6-7H2,1H3,(H2,12,16). The highest BCUT2D eigenvalue weighted by Gasteiger charge is 2.32. The van der Waals surface area contributed by atoms with E-state index in [1.54, 1.807) is 6.20 Å². The van der Waals surface area contributed by atoms with Crippen molar-refractivity contribution in [3.05, 3.63) is 24.0 Å². The highest BCUT2D eigenvalue weighted by atomic mass is 32.1. The molecular formula is C11H15N3OS. The minimum absolute atomic E-state index is 0.294. The van der Waals surface area contributed by atoms with Gasteiger partial charge in [0.15, 0.2) is 0 Å². The Morgan fingerprint density at radius 1 is 1.69 bits per heavy atom. The molecule has 0 saturated carbocycles. The Labute approximate surface area is 100 Å². The Hall–Kier alpha value is -1.20. The number of nitrogens with two attached hydrogens (primary N) is 1. The molecule has 86 valence electrons. The summed E-state index contributed by atoms with van der Waals surface area (Å²) >= 11 is 4.97. The summed E-state index contributed by atoms with van der Waals surface area (Å²) in [6.07, 6.45) is 2.42. The van der Waals surface area contributed by atoms with Gasteiger partial charge in [-0.3, -0.25) is 4.98 Å². The van der Waals surface area contributed by atoms with E-state index in [1.165, 1.54) is 0 Å². The zero-order valence-corrected chi connectivity index (χ0v) is 10.00. The summed E-state index contributed by atoms with van der Waals surface area (Å²) in [6, 6.07) is 3.78. The van der Waals surface area contributed by atoms with Crippen LogP contribution in [0.2, 0.25) is 0 Å². The van der Waals surface area contributed by atoms with Crippen LogP contribution in [0.5, 0.6) is 0 Å². The van der Waals surface area contributed by atoms with Gasteiger partial charge < -0.3 is 15.7 Å². The second-order valence-corrected chi connectivity index (χ2v) is 4.84. The normalized spacial score (nSPS) is 24.8. The largest absolute Gasteiger partial charge is 0.388 e. The fourth-order valence-corrected chi connectivity index (χ4v) is 2.15. The van der Waals surface area contributed by atoms with Crippen molar-refractivity contribution in [3.63, 3.8) is 0 Å². The number of anilines is 1. The second kappa shape index (κ2) is 3.99. The minimum atomic E-state index is -0.636. The van der Waals surface area contributed by atoms with Crippen LogP contribution in [0.4, 0.5) is 5.69 Å². The van der Waals surface area contributed by atoms with Crippen LogP contribution in [0.25, 0.3) is 0 Å². The van der Waals surface area contributed by atoms with Crippen LogP contribution >= 0.6 is 12.2 Å². The number of rotatable bonds is 2. The first-order valence-corrected chi connectivity index (χ1v) is 5.62. The number of hydrogen-bond donors (Lipinski definition) is 2. The first-order chi connectivity index (χ1) is 7.49. The molecule has 1 unspecified atom stereocenters. The number of aliphatic hydroxyl groups is 1. The van der Waals surface area contributed by atoms with Crippen LogP contribution in [0.15, 0.2) is 18.3 Å². The van der Waals surface area contributed by atoms with E-state index in [0.29, 0.717) is 17.2 Å². The molecule has 1 fully saturated rings. The van der Waals surface area contributed by atoms with Crippen LogP contribution in [0.1, 0.15) is 19.0 Å². The Morgan fingerprint density at radius 3 is 3.00 bits per heavy atom. The first-order valence-electron chi connectivity index (χ1n) is 5.22. The highest BCUT2D eigenvalue weighted by molar-refractivity contribution is 7.80. The van der Waals surface area contributed by atoms with Gasteiger partial charge in [-0.1, -0.05) is 12.2 Å². The van der Waals surface area contributed by atoms with Crippen LogP contribution < -0.4 is 10.6 Å². The molecule has 0 aromatic carbocycles. The summed E-state index contributed by atoms with van der Waals surface area (Å²) in [6.45, 7) is 3.23. The van der Waals surface area contributed by atoms with Crippen molar-refractivity contribution in [1.82, 2.24) is 4.98 Å². The maximum Gasteiger partial charge on any atom is 0.124 e. The van der Waals surface area contributed by atoms with Crippen molar-refractivity contribution in [1.29, 1.82) is 0 Å². The molecule has 1 saturated heterocycles. The van der Waals surface area contributed by atoms with E-state index in [9.17, 15) is 5.11 Å². The van der Waals surface area contributed by atoms with Gasteiger partial charge in [-0.25, -0.2) is 0 Å². The summed E-state index contributed by atoms with van der Waals surface area (Å²) in [4.78, 5) is 6.55. The lowest BCUT2D eigenvalue weighted by atomic mass is 10.1. The second-order valence-electron chi connectivity index (χ2n) is 4.40. The van der Waals surface area contributed by atoms with Gasteiger partial charge in [-0.15, -0.1) is 0 Å². The Balaban J connectivity index is 2.31. The number of nitrogens with zero attached hydrogens (tertiary/aromatic N) is 2. The Morgan fingerprint density at radius 2 is 2.44 bits per heavy atom. The van der Waals surface area contributed by atoms with Crippen LogP contribution in [0, 0.1) is 0 Å². The van der Waals surface area contributed by atoms with E-state index in [0.717, 1.165) is 18.7 Å². The molecule has 0 bridgehead atoms. The summed E-state index contributed by atoms with van der Waals surface area (Å²) in [5.74, 6) is 0. The van der Waals surface area contributed by atoms with Gasteiger partial charge >= 0.3 is 0 Å². The third kappa shape index (κ3) is 2.15. The van der Waals surface area contributed by atoms with E-state index in [4.69, 9.17) is 18.0 Å². The van der Waals surface area contributed by atoms with Crippen molar-refractivity contribution in [2.75, 3.05) is 18.0 Å². The number of pyridine rings is 1.